The molecule has 2 unspecified atom stereocenters. The minimum atomic E-state index is -4.24. The maximum absolute atomic E-state index is 12.8. The van der Waals surface area contributed by atoms with E-state index in [-0.39, 0.29) is 0 Å². The summed E-state index contributed by atoms with van der Waals surface area (Å²) in [6.45, 7) is 5.60. The number of hydrogen-bond donors (Lipinski definition) is 1. The zero-order valence-corrected chi connectivity index (χ0v) is 9.43. The molecule has 1 heterocycles. The topological polar surface area (TPSA) is 29.3 Å². The van der Waals surface area contributed by atoms with Crippen molar-refractivity contribution in [3.63, 3.8) is 0 Å². The molecule has 0 saturated carbocycles. The standard InChI is InChI=1S/C10H19F3N2/c1-7(14)8(10(11,12)13)15-6-4-5-9(15,2)3/h7-8H,4-6,14H2,1-3H3. The van der Waals surface area contributed by atoms with Crippen LogP contribution in [-0.4, -0.2) is 35.2 Å². The van der Waals surface area contributed by atoms with Gasteiger partial charge in [0.2, 0.25) is 0 Å². The van der Waals surface area contributed by atoms with E-state index >= 15 is 0 Å². The molecule has 1 saturated heterocycles. The van der Waals surface area contributed by atoms with Crippen LogP contribution in [0.25, 0.3) is 0 Å². The molecule has 5 heteroatoms. The summed E-state index contributed by atoms with van der Waals surface area (Å²) in [6.07, 6.45) is -2.63. The zero-order valence-electron chi connectivity index (χ0n) is 9.43. The van der Waals surface area contributed by atoms with Crippen LogP contribution >= 0.6 is 0 Å². The first-order valence-electron chi connectivity index (χ1n) is 5.25. The molecule has 0 aromatic rings. The molecule has 2 atom stereocenters. The first-order valence-corrected chi connectivity index (χ1v) is 5.25. The third kappa shape index (κ3) is 2.64. The highest BCUT2D eigenvalue weighted by Crippen LogP contribution is 2.37. The van der Waals surface area contributed by atoms with Crippen LogP contribution in [0, 0.1) is 0 Å². The molecule has 0 aliphatic carbocycles. The van der Waals surface area contributed by atoms with Crippen LogP contribution < -0.4 is 5.73 Å². The second-order valence-corrected chi connectivity index (χ2v) is 4.95. The number of rotatable bonds is 2. The molecule has 2 N–H and O–H groups in total. The van der Waals surface area contributed by atoms with Crippen molar-refractivity contribution in [2.24, 2.45) is 5.73 Å². The molecule has 2 nitrogen and oxygen atoms in total. The fourth-order valence-corrected chi connectivity index (χ4v) is 2.40. The summed E-state index contributed by atoms with van der Waals surface area (Å²) in [7, 11) is 0. The summed E-state index contributed by atoms with van der Waals surface area (Å²) in [6, 6.07) is -2.41. The fourth-order valence-electron chi connectivity index (χ4n) is 2.40. The Kier molecular flexibility index (Phi) is 3.36. The largest absolute Gasteiger partial charge is 0.405 e. The Morgan fingerprint density at radius 2 is 1.87 bits per heavy atom. The van der Waals surface area contributed by atoms with Crippen LogP contribution in [0.2, 0.25) is 0 Å². The number of alkyl halides is 3. The lowest BCUT2D eigenvalue weighted by Crippen LogP contribution is -2.59. The molecule has 1 rings (SSSR count). The van der Waals surface area contributed by atoms with Gasteiger partial charge in [0, 0.05) is 11.6 Å². The van der Waals surface area contributed by atoms with Gasteiger partial charge in [-0.3, -0.25) is 4.90 Å². The van der Waals surface area contributed by atoms with Crippen LogP contribution in [0.15, 0.2) is 0 Å². The van der Waals surface area contributed by atoms with E-state index in [1.807, 2.05) is 13.8 Å². The van der Waals surface area contributed by atoms with E-state index in [2.05, 4.69) is 0 Å². The lowest BCUT2D eigenvalue weighted by Gasteiger charge is -2.41. The monoisotopic (exact) mass is 224 g/mol. The van der Waals surface area contributed by atoms with Gasteiger partial charge < -0.3 is 5.73 Å². The van der Waals surface area contributed by atoms with Crippen molar-refractivity contribution in [2.45, 2.75) is 57.4 Å². The summed E-state index contributed by atoms with van der Waals surface area (Å²) >= 11 is 0. The van der Waals surface area contributed by atoms with E-state index in [1.165, 1.54) is 11.8 Å². The van der Waals surface area contributed by atoms with E-state index in [4.69, 9.17) is 5.73 Å². The number of nitrogens with two attached hydrogens (primary N) is 1. The van der Waals surface area contributed by atoms with Gasteiger partial charge in [-0.25, -0.2) is 0 Å². The van der Waals surface area contributed by atoms with Gasteiger partial charge in [-0.2, -0.15) is 13.2 Å². The highest BCUT2D eigenvalue weighted by atomic mass is 19.4. The number of hydrogen-bond acceptors (Lipinski definition) is 2. The fraction of sp³-hybridized carbons (Fsp3) is 1.00. The van der Waals surface area contributed by atoms with Gasteiger partial charge in [-0.1, -0.05) is 0 Å². The number of likely N-dealkylation sites (tertiary alicyclic amines) is 1. The number of halogens is 3. The van der Waals surface area contributed by atoms with Crippen LogP contribution in [0.5, 0.6) is 0 Å². The summed E-state index contributed by atoms with van der Waals surface area (Å²) in [4.78, 5) is 1.50. The van der Waals surface area contributed by atoms with Gasteiger partial charge in [0.1, 0.15) is 6.04 Å². The van der Waals surface area contributed by atoms with Gasteiger partial charge in [0.05, 0.1) is 0 Å². The van der Waals surface area contributed by atoms with Gasteiger partial charge in [-0.15, -0.1) is 0 Å². The van der Waals surface area contributed by atoms with Crippen LogP contribution in [0.1, 0.15) is 33.6 Å². The SMILES string of the molecule is CC(N)C(N1CCCC1(C)C)C(F)(F)F. The van der Waals surface area contributed by atoms with Crippen molar-refractivity contribution >= 4 is 0 Å². The van der Waals surface area contributed by atoms with Crippen LogP contribution in [-0.2, 0) is 0 Å². The Bertz CT molecular complexity index is 223. The molecule has 0 radical (unpaired) electrons. The molecular weight excluding hydrogens is 205 g/mol. The van der Waals surface area contributed by atoms with E-state index < -0.39 is 23.8 Å². The first-order chi connectivity index (χ1) is 6.66. The van der Waals surface area contributed by atoms with E-state index in [0.717, 1.165) is 12.8 Å². The summed E-state index contributed by atoms with van der Waals surface area (Å²) in [5.74, 6) is 0. The van der Waals surface area contributed by atoms with Crippen molar-refractivity contribution in [1.29, 1.82) is 0 Å². The molecule has 0 bridgehead atoms. The minimum Gasteiger partial charge on any atom is -0.326 e. The van der Waals surface area contributed by atoms with Gasteiger partial charge in [-0.05, 0) is 40.2 Å². The Morgan fingerprint density at radius 3 is 2.13 bits per heavy atom. The summed E-state index contributed by atoms with van der Waals surface area (Å²) < 4.78 is 38.5. The average molecular weight is 224 g/mol. The lowest BCUT2D eigenvalue weighted by atomic mass is 9.98. The average Bonchev–Trinajstić information content (AvgIpc) is 2.27. The van der Waals surface area contributed by atoms with Gasteiger partial charge >= 0.3 is 6.18 Å². The third-order valence-corrected chi connectivity index (χ3v) is 3.13. The molecule has 0 spiro atoms. The van der Waals surface area contributed by atoms with Crippen LogP contribution in [0.3, 0.4) is 0 Å². The van der Waals surface area contributed by atoms with E-state index in [0.29, 0.717) is 6.54 Å². The normalized spacial score (nSPS) is 26.6. The smallest absolute Gasteiger partial charge is 0.326 e. The quantitative estimate of drug-likeness (QED) is 0.778. The Morgan fingerprint density at radius 1 is 1.33 bits per heavy atom. The predicted molar refractivity (Wildman–Crippen MR) is 53.5 cm³/mol. The van der Waals surface area contributed by atoms with E-state index in [9.17, 15) is 13.2 Å². The van der Waals surface area contributed by atoms with Crippen molar-refractivity contribution in [3.8, 4) is 0 Å². The molecule has 1 aliphatic heterocycles. The molecule has 1 aliphatic rings. The minimum absolute atomic E-state index is 0.395. The van der Waals surface area contributed by atoms with Crippen molar-refractivity contribution < 1.29 is 13.2 Å². The third-order valence-electron chi connectivity index (χ3n) is 3.13. The lowest BCUT2D eigenvalue weighted by molar-refractivity contribution is -0.196. The Labute approximate surface area is 88.6 Å². The number of nitrogens with zero attached hydrogens (tertiary/aromatic N) is 1. The van der Waals surface area contributed by atoms with Crippen molar-refractivity contribution in [3.05, 3.63) is 0 Å². The molecular formula is C10H19F3N2. The van der Waals surface area contributed by atoms with Crippen LogP contribution in [0.4, 0.5) is 13.2 Å². The molecule has 1 fully saturated rings. The predicted octanol–water partition coefficient (Wildman–Crippen LogP) is 2.14. The molecule has 15 heavy (non-hydrogen) atoms. The molecule has 0 aromatic heterocycles. The zero-order chi connectivity index (χ0) is 11.9. The second kappa shape index (κ2) is 3.94. The van der Waals surface area contributed by atoms with Crippen molar-refractivity contribution in [2.75, 3.05) is 6.54 Å². The Hall–Kier alpha value is -0.290. The van der Waals surface area contributed by atoms with Gasteiger partial charge in [0.15, 0.2) is 0 Å². The van der Waals surface area contributed by atoms with Gasteiger partial charge in [0.25, 0.3) is 0 Å². The highest BCUT2D eigenvalue weighted by Gasteiger charge is 2.51. The van der Waals surface area contributed by atoms with Crippen molar-refractivity contribution in [1.82, 2.24) is 4.90 Å². The molecule has 0 amide bonds. The first kappa shape index (κ1) is 12.8. The van der Waals surface area contributed by atoms with E-state index in [1.54, 1.807) is 0 Å². The maximum atomic E-state index is 12.8. The Balaban J connectivity index is 2.91. The second-order valence-electron chi connectivity index (χ2n) is 4.95. The maximum Gasteiger partial charge on any atom is 0.405 e. The molecule has 90 valence electrons. The summed E-state index contributed by atoms with van der Waals surface area (Å²) in [5.41, 5.74) is 5.07. The summed E-state index contributed by atoms with van der Waals surface area (Å²) in [5, 5.41) is 0. The molecule has 0 aromatic carbocycles. The highest BCUT2D eigenvalue weighted by molar-refractivity contribution is 4.97.